The number of nitrogens with two attached hydrogens (primary N) is 1. The fourth-order valence-electron chi connectivity index (χ4n) is 3.59. The minimum Gasteiger partial charge on any atom is -0.503 e. The van der Waals surface area contributed by atoms with E-state index in [4.69, 9.17) is 5.73 Å². The third-order valence-corrected chi connectivity index (χ3v) is 5.03. The Hall–Kier alpha value is -3.07. The molecular formula is C19H19F2N3O4. The Morgan fingerprint density at radius 3 is 2.75 bits per heavy atom. The zero-order chi connectivity index (χ0) is 20.7. The van der Waals surface area contributed by atoms with Crippen LogP contribution in [0, 0.1) is 18.6 Å². The highest BCUT2D eigenvalue weighted by Crippen LogP contribution is 2.36. The van der Waals surface area contributed by atoms with Gasteiger partial charge in [0.15, 0.2) is 12.0 Å². The molecule has 0 fully saturated rings. The molecule has 1 aliphatic heterocycles. The number of carbonyl (C=O) groups excluding carboxylic acids is 2. The van der Waals surface area contributed by atoms with Crippen molar-refractivity contribution in [3.8, 4) is 5.75 Å². The summed E-state index contributed by atoms with van der Waals surface area (Å²) in [5, 5.41) is 12.5. The molecule has 7 nitrogen and oxygen atoms in total. The molecular weight excluding hydrogens is 372 g/mol. The molecule has 0 saturated carbocycles. The smallest absolute Gasteiger partial charge is 0.257 e. The molecule has 2 heterocycles. The van der Waals surface area contributed by atoms with Crippen molar-refractivity contribution in [2.24, 2.45) is 5.73 Å². The standard InChI is InChI=1S/C19H19F2N3O4/c1-8-5-12(22)16-14(18(27)17(26)13(7-25)24(8)16)19(28)23-6-10-3-4-11(20)9(2)15(10)21/h3-4,7-8,12,26H,5-6,22H2,1-2H3,(H,23,28)/t8-,12-/m0/s1. The number of aldehydes is 1. The van der Waals surface area contributed by atoms with Crippen molar-refractivity contribution in [1.82, 2.24) is 9.88 Å². The molecule has 1 aromatic heterocycles. The van der Waals surface area contributed by atoms with Gasteiger partial charge in [-0.25, -0.2) is 8.78 Å². The molecule has 1 aliphatic rings. The van der Waals surface area contributed by atoms with Gasteiger partial charge in [-0.1, -0.05) is 6.07 Å². The number of carbonyl (C=O) groups is 2. The average Bonchev–Trinajstić information content (AvgIpc) is 2.94. The molecule has 0 radical (unpaired) electrons. The lowest BCUT2D eigenvalue weighted by molar-refractivity contribution is 0.0945. The summed E-state index contributed by atoms with van der Waals surface area (Å²) in [7, 11) is 0. The molecule has 3 rings (SSSR count). The van der Waals surface area contributed by atoms with Crippen LogP contribution < -0.4 is 16.5 Å². The van der Waals surface area contributed by atoms with Crippen LogP contribution >= 0.6 is 0 Å². The minimum atomic E-state index is -1.02. The van der Waals surface area contributed by atoms with E-state index in [0.717, 1.165) is 6.07 Å². The number of aromatic nitrogens is 1. The van der Waals surface area contributed by atoms with Crippen molar-refractivity contribution in [3.05, 3.63) is 62.1 Å². The molecule has 9 heteroatoms. The lowest BCUT2D eigenvalue weighted by atomic mass is 10.0. The van der Waals surface area contributed by atoms with Crippen LogP contribution in [0.5, 0.6) is 5.75 Å². The number of hydrogen-bond acceptors (Lipinski definition) is 5. The second kappa shape index (κ2) is 7.16. The van der Waals surface area contributed by atoms with Crippen LogP contribution in [-0.2, 0) is 6.54 Å². The van der Waals surface area contributed by atoms with Gasteiger partial charge in [0, 0.05) is 29.8 Å². The van der Waals surface area contributed by atoms with E-state index in [1.54, 1.807) is 6.92 Å². The van der Waals surface area contributed by atoms with Crippen molar-refractivity contribution in [2.75, 3.05) is 0 Å². The number of amides is 1. The number of pyridine rings is 1. The Kier molecular flexibility index (Phi) is 5.03. The third kappa shape index (κ3) is 2.97. The molecule has 28 heavy (non-hydrogen) atoms. The predicted octanol–water partition coefficient (Wildman–Crippen LogP) is 1.85. The van der Waals surface area contributed by atoms with E-state index in [1.807, 2.05) is 0 Å². The average molecular weight is 391 g/mol. The van der Waals surface area contributed by atoms with Crippen LogP contribution in [0.3, 0.4) is 0 Å². The zero-order valence-electron chi connectivity index (χ0n) is 15.3. The Morgan fingerprint density at radius 2 is 2.11 bits per heavy atom. The summed E-state index contributed by atoms with van der Waals surface area (Å²) >= 11 is 0. The number of hydrogen-bond donors (Lipinski definition) is 3. The number of fused-ring (bicyclic) bond motifs is 1. The molecule has 2 aromatic rings. The Bertz CT molecular complexity index is 1050. The Labute approximate surface area is 158 Å². The number of benzene rings is 1. The van der Waals surface area contributed by atoms with E-state index < -0.39 is 34.8 Å². The maximum Gasteiger partial charge on any atom is 0.257 e. The third-order valence-electron chi connectivity index (χ3n) is 5.03. The van der Waals surface area contributed by atoms with Crippen LogP contribution in [-0.4, -0.2) is 21.9 Å². The van der Waals surface area contributed by atoms with E-state index >= 15 is 0 Å². The van der Waals surface area contributed by atoms with Gasteiger partial charge in [-0.3, -0.25) is 14.4 Å². The summed E-state index contributed by atoms with van der Waals surface area (Å²) in [6.45, 7) is 2.71. The fourth-order valence-corrected chi connectivity index (χ4v) is 3.59. The molecule has 0 saturated heterocycles. The molecule has 0 spiro atoms. The zero-order valence-corrected chi connectivity index (χ0v) is 15.3. The molecule has 2 atom stereocenters. The summed E-state index contributed by atoms with van der Waals surface area (Å²) in [6, 6.07) is 1.28. The van der Waals surface area contributed by atoms with Crippen LogP contribution in [0.2, 0.25) is 0 Å². The highest BCUT2D eigenvalue weighted by molar-refractivity contribution is 5.97. The second-order valence-electron chi connectivity index (χ2n) is 6.83. The summed E-state index contributed by atoms with van der Waals surface area (Å²) in [4.78, 5) is 36.6. The van der Waals surface area contributed by atoms with Crippen LogP contribution in [0.4, 0.5) is 8.78 Å². The van der Waals surface area contributed by atoms with Crippen molar-refractivity contribution >= 4 is 12.2 Å². The van der Waals surface area contributed by atoms with Gasteiger partial charge in [-0.2, -0.15) is 0 Å². The van der Waals surface area contributed by atoms with Crippen LogP contribution in [0.25, 0.3) is 0 Å². The van der Waals surface area contributed by atoms with Crippen molar-refractivity contribution < 1.29 is 23.5 Å². The number of nitrogens with zero attached hydrogens (tertiary/aromatic N) is 1. The van der Waals surface area contributed by atoms with E-state index in [9.17, 15) is 28.3 Å². The van der Waals surface area contributed by atoms with Gasteiger partial charge in [0.2, 0.25) is 5.43 Å². The summed E-state index contributed by atoms with van der Waals surface area (Å²) < 4.78 is 28.9. The number of rotatable bonds is 4. The first kappa shape index (κ1) is 19.7. The number of nitrogens with one attached hydrogen (secondary N) is 1. The molecule has 4 N–H and O–H groups in total. The van der Waals surface area contributed by atoms with Gasteiger partial charge in [-0.15, -0.1) is 0 Å². The van der Waals surface area contributed by atoms with Gasteiger partial charge in [0.05, 0.1) is 5.69 Å². The molecule has 148 valence electrons. The van der Waals surface area contributed by atoms with E-state index in [0.29, 0.717) is 12.7 Å². The maximum absolute atomic E-state index is 14.1. The van der Waals surface area contributed by atoms with Crippen molar-refractivity contribution in [3.63, 3.8) is 0 Å². The topological polar surface area (TPSA) is 114 Å². The number of aromatic hydroxyl groups is 1. The van der Waals surface area contributed by atoms with Gasteiger partial charge in [0.1, 0.15) is 22.9 Å². The lowest BCUT2D eigenvalue weighted by Gasteiger charge is -2.18. The highest BCUT2D eigenvalue weighted by Gasteiger charge is 2.35. The van der Waals surface area contributed by atoms with Gasteiger partial charge >= 0.3 is 0 Å². The molecule has 0 aliphatic carbocycles. The molecule has 0 bridgehead atoms. The Balaban J connectivity index is 2.02. The fraction of sp³-hybridized carbons (Fsp3) is 0.316. The molecule has 1 aromatic carbocycles. The predicted molar refractivity (Wildman–Crippen MR) is 96.3 cm³/mol. The largest absolute Gasteiger partial charge is 0.503 e. The second-order valence-corrected chi connectivity index (χ2v) is 6.83. The van der Waals surface area contributed by atoms with Crippen LogP contribution in [0.1, 0.15) is 63.1 Å². The van der Waals surface area contributed by atoms with Crippen LogP contribution in [0.15, 0.2) is 16.9 Å². The van der Waals surface area contributed by atoms with Crippen molar-refractivity contribution in [2.45, 2.75) is 38.9 Å². The van der Waals surface area contributed by atoms with E-state index in [1.165, 1.54) is 17.6 Å². The minimum absolute atomic E-state index is 0.0374. The van der Waals surface area contributed by atoms with Crippen molar-refractivity contribution in [1.29, 1.82) is 0 Å². The highest BCUT2D eigenvalue weighted by atomic mass is 19.1. The van der Waals surface area contributed by atoms with Gasteiger partial charge in [0.25, 0.3) is 5.91 Å². The van der Waals surface area contributed by atoms with Gasteiger partial charge in [-0.05, 0) is 26.3 Å². The summed E-state index contributed by atoms with van der Waals surface area (Å²) in [6.07, 6.45) is 0.711. The first-order chi connectivity index (χ1) is 13.2. The summed E-state index contributed by atoms with van der Waals surface area (Å²) in [5.74, 6) is -3.22. The SMILES string of the molecule is Cc1c(F)ccc(CNC(=O)c2c3n(c(C=O)c(O)c2=O)[C@@H](C)C[C@@H]3N)c1F. The first-order valence-electron chi connectivity index (χ1n) is 8.62. The molecule has 1 amide bonds. The molecule has 0 unspecified atom stereocenters. The normalized spacial score (nSPS) is 18.0. The first-order valence-corrected chi connectivity index (χ1v) is 8.62. The van der Waals surface area contributed by atoms with Gasteiger partial charge < -0.3 is 20.7 Å². The maximum atomic E-state index is 14.1. The lowest BCUT2D eigenvalue weighted by Crippen LogP contribution is -2.33. The van der Waals surface area contributed by atoms with E-state index in [-0.39, 0.29) is 40.7 Å². The monoisotopic (exact) mass is 391 g/mol. The quantitative estimate of drug-likeness (QED) is 0.688. The van der Waals surface area contributed by atoms with E-state index in [2.05, 4.69) is 5.32 Å². The Morgan fingerprint density at radius 1 is 1.43 bits per heavy atom. The number of halogens is 2. The summed E-state index contributed by atoms with van der Waals surface area (Å²) in [5.41, 5.74) is 4.39.